The van der Waals surface area contributed by atoms with Crippen LogP contribution in [0.2, 0.25) is 0 Å². The van der Waals surface area contributed by atoms with Gasteiger partial charge in [0.1, 0.15) is 0 Å². The van der Waals surface area contributed by atoms with Crippen molar-refractivity contribution >= 4 is 22.1 Å². The summed E-state index contributed by atoms with van der Waals surface area (Å²) in [5.41, 5.74) is 6.98. The second-order valence-electron chi connectivity index (χ2n) is 4.57. The van der Waals surface area contributed by atoms with Gasteiger partial charge in [-0.2, -0.15) is 0 Å². The van der Waals surface area contributed by atoms with Gasteiger partial charge < -0.3 is 10.6 Å². The van der Waals surface area contributed by atoms with Gasteiger partial charge in [-0.3, -0.25) is 4.40 Å². The van der Waals surface area contributed by atoms with Gasteiger partial charge in [-0.25, -0.2) is 4.98 Å². The predicted octanol–water partition coefficient (Wildman–Crippen LogP) is 2.34. The standard InChI is InChI=1S/C12H20N4S/c1-4-15(8-9(2)3)11-10(7-13)16-5-6-17-12(16)14-11/h5-6,9H,4,7-8,13H2,1-3H3. The Labute approximate surface area is 106 Å². The molecular formula is C12H20N4S. The third-order valence-electron chi connectivity index (χ3n) is 2.80. The Morgan fingerprint density at radius 2 is 2.29 bits per heavy atom. The number of nitrogens with zero attached hydrogens (tertiary/aromatic N) is 3. The Kier molecular flexibility index (Phi) is 3.69. The van der Waals surface area contributed by atoms with Gasteiger partial charge >= 0.3 is 0 Å². The van der Waals surface area contributed by atoms with Gasteiger partial charge in [-0.1, -0.05) is 13.8 Å². The molecule has 0 aliphatic heterocycles. The van der Waals surface area contributed by atoms with Gasteiger partial charge in [0.2, 0.25) is 0 Å². The van der Waals surface area contributed by atoms with E-state index >= 15 is 0 Å². The number of hydrogen-bond acceptors (Lipinski definition) is 4. The van der Waals surface area contributed by atoms with Gasteiger partial charge in [0.25, 0.3) is 0 Å². The normalized spacial score (nSPS) is 11.6. The Bertz CT molecular complexity index is 486. The predicted molar refractivity (Wildman–Crippen MR) is 73.7 cm³/mol. The second kappa shape index (κ2) is 5.06. The fourth-order valence-corrected chi connectivity index (χ4v) is 2.80. The first-order chi connectivity index (χ1) is 8.17. The van der Waals surface area contributed by atoms with Crippen LogP contribution in [0.25, 0.3) is 4.96 Å². The van der Waals surface area contributed by atoms with Crippen LogP contribution in [-0.2, 0) is 6.54 Å². The summed E-state index contributed by atoms with van der Waals surface area (Å²) in [6.07, 6.45) is 2.04. The molecule has 94 valence electrons. The van der Waals surface area contributed by atoms with Crippen LogP contribution in [-0.4, -0.2) is 22.5 Å². The van der Waals surface area contributed by atoms with E-state index < -0.39 is 0 Å². The average Bonchev–Trinajstić information content (AvgIpc) is 2.84. The van der Waals surface area contributed by atoms with Crippen LogP contribution >= 0.6 is 11.3 Å². The molecule has 2 N–H and O–H groups in total. The molecule has 0 fully saturated rings. The van der Waals surface area contributed by atoms with Crippen molar-refractivity contribution in [3.05, 3.63) is 17.3 Å². The van der Waals surface area contributed by atoms with Crippen molar-refractivity contribution in [2.45, 2.75) is 27.3 Å². The van der Waals surface area contributed by atoms with Crippen molar-refractivity contribution in [2.24, 2.45) is 11.7 Å². The zero-order valence-electron chi connectivity index (χ0n) is 10.7. The van der Waals surface area contributed by atoms with E-state index in [1.807, 2.05) is 11.6 Å². The largest absolute Gasteiger partial charge is 0.355 e. The summed E-state index contributed by atoms with van der Waals surface area (Å²) >= 11 is 1.65. The molecule has 17 heavy (non-hydrogen) atoms. The summed E-state index contributed by atoms with van der Waals surface area (Å²) < 4.78 is 2.10. The Morgan fingerprint density at radius 3 is 2.88 bits per heavy atom. The highest BCUT2D eigenvalue weighted by atomic mass is 32.1. The summed E-state index contributed by atoms with van der Waals surface area (Å²) in [6.45, 7) is 9.13. The Balaban J connectivity index is 2.41. The van der Waals surface area contributed by atoms with E-state index in [4.69, 9.17) is 10.7 Å². The maximum Gasteiger partial charge on any atom is 0.195 e. The van der Waals surface area contributed by atoms with E-state index in [-0.39, 0.29) is 0 Å². The summed E-state index contributed by atoms with van der Waals surface area (Å²) in [4.78, 5) is 8.04. The topological polar surface area (TPSA) is 46.6 Å². The molecule has 0 amide bonds. The van der Waals surface area contributed by atoms with E-state index in [0.29, 0.717) is 12.5 Å². The lowest BCUT2D eigenvalue weighted by atomic mass is 10.2. The number of anilines is 1. The van der Waals surface area contributed by atoms with Gasteiger partial charge in [0.05, 0.1) is 5.69 Å². The number of rotatable bonds is 5. The van der Waals surface area contributed by atoms with E-state index in [1.165, 1.54) is 0 Å². The molecule has 0 bridgehead atoms. The summed E-state index contributed by atoms with van der Waals surface area (Å²) in [5.74, 6) is 1.68. The van der Waals surface area contributed by atoms with Crippen LogP contribution in [0.5, 0.6) is 0 Å². The zero-order valence-corrected chi connectivity index (χ0v) is 11.5. The quantitative estimate of drug-likeness (QED) is 0.888. The number of imidazole rings is 1. The molecular weight excluding hydrogens is 232 g/mol. The molecule has 2 heterocycles. The molecule has 0 saturated heterocycles. The lowest BCUT2D eigenvalue weighted by Gasteiger charge is -2.23. The minimum Gasteiger partial charge on any atom is -0.355 e. The van der Waals surface area contributed by atoms with Gasteiger partial charge in [0.15, 0.2) is 10.8 Å². The molecule has 2 aromatic rings. The lowest BCUT2D eigenvalue weighted by Crippen LogP contribution is -2.28. The molecule has 0 aliphatic rings. The number of fused-ring (bicyclic) bond motifs is 1. The molecule has 4 nitrogen and oxygen atoms in total. The Morgan fingerprint density at radius 1 is 1.53 bits per heavy atom. The first kappa shape index (κ1) is 12.4. The molecule has 2 rings (SSSR count). The van der Waals surface area contributed by atoms with Crippen LogP contribution in [0.1, 0.15) is 26.5 Å². The van der Waals surface area contributed by atoms with E-state index in [0.717, 1.165) is 29.6 Å². The fraction of sp³-hybridized carbons (Fsp3) is 0.583. The maximum atomic E-state index is 5.86. The smallest absolute Gasteiger partial charge is 0.195 e. The molecule has 0 spiro atoms. The summed E-state index contributed by atoms with van der Waals surface area (Å²) in [6, 6.07) is 0. The van der Waals surface area contributed by atoms with Crippen molar-refractivity contribution < 1.29 is 0 Å². The SMILES string of the molecule is CCN(CC(C)C)c1nc2sccn2c1CN. The number of thiazole rings is 1. The summed E-state index contributed by atoms with van der Waals surface area (Å²) in [5, 5.41) is 2.05. The van der Waals surface area contributed by atoms with Gasteiger partial charge in [-0.05, 0) is 12.8 Å². The Hall–Kier alpha value is -1.07. The first-order valence-corrected chi connectivity index (χ1v) is 6.94. The van der Waals surface area contributed by atoms with E-state index in [9.17, 15) is 0 Å². The second-order valence-corrected chi connectivity index (χ2v) is 5.45. The first-order valence-electron chi connectivity index (χ1n) is 6.06. The lowest BCUT2D eigenvalue weighted by molar-refractivity contribution is 0.613. The van der Waals surface area contributed by atoms with E-state index in [2.05, 4.69) is 30.1 Å². The highest BCUT2D eigenvalue weighted by molar-refractivity contribution is 7.15. The van der Waals surface area contributed by atoms with Crippen molar-refractivity contribution in [1.82, 2.24) is 9.38 Å². The molecule has 0 saturated carbocycles. The van der Waals surface area contributed by atoms with Crippen LogP contribution < -0.4 is 10.6 Å². The zero-order chi connectivity index (χ0) is 12.4. The molecule has 0 aliphatic carbocycles. The fourth-order valence-electron chi connectivity index (χ4n) is 2.07. The summed E-state index contributed by atoms with van der Waals surface area (Å²) in [7, 11) is 0. The molecule has 2 aromatic heterocycles. The maximum absolute atomic E-state index is 5.86. The molecule has 0 aromatic carbocycles. The highest BCUT2D eigenvalue weighted by Crippen LogP contribution is 2.24. The number of nitrogens with two attached hydrogens (primary N) is 1. The van der Waals surface area contributed by atoms with Gasteiger partial charge in [0, 0.05) is 31.2 Å². The van der Waals surface area contributed by atoms with Crippen LogP contribution in [0.3, 0.4) is 0 Å². The number of hydrogen-bond donors (Lipinski definition) is 1. The number of aromatic nitrogens is 2. The minimum absolute atomic E-state index is 0.530. The van der Waals surface area contributed by atoms with Crippen LogP contribution in [0.15, 0.2) is 11.6 Å². The molecule has 0 unspecified atom stereocenters. The minimum atomic E-state index is 0.530. The molecule has 5 heteroatoms. The van der Waals surface area contributed by atoms with Crippen LogP contribution in [0, 0.1) is 5.92 Å². The molecule has 0 radical (unpaired) electrons. The van der Waals surface area contributed by atoms with Crippen molar-refractivity contribution in [2.75, 3.05) is 18.0 Å². The van der Waals surface area contributed by atoms with Crippen LogP contribution in [0.4, 0.5) is 5.82 Å². The van der Waals surface area contributed by atoms with Crippen molar-refractivity contribution in [3.8, 4) is 0 Å². The van der Waals surface area contributed by atoms with E-state index in [1.54, 1.807) is 11.3 Å². The average molecular weight is 252 g/mol. The van der Waals surface area contributed by atoms with Gasteiger partial charge in [-0.15, -0.1) is 11.3 Å². The molecule has 0 atom stereocenters. The van der Waals surface area contributed by atoms with Crippen molar-refractivity contribution in [3.63, 3.8) is 0 Å². The highest BCUT2D eigenvalue weighted by Gasteiger charge is 2.17. The monoisotopic (exact) mass is 252 g/mol. The third kappa shape index (κ3) is 2.30. The van der Waals surface area contributed by atoms with Crippen molar-refractivity contribution in [1.29, 1.82) is 0 Å². The third-order valence-corrected chi connectivity index (χ3v) is 3.56.